The van der Waals surface area contributed by atoms with Gasteiger partial charge in [-0.2, -0.15) is 0 Å². The zero-order valence-corrected chi connectivity index (χ0v) is 10.3. The fourth-order valence-corrected chi connectivity index (χ4v) is 1.98. The van der Waals surface area contributed by atoms with Crippen LogP contribution in [0.5, 0.6) is 0 Å². The van der Waals surface area contributed by atoms with Gasteiger partial charge in [-0.25, -0.2) is 9.37 Å². The quantitative estimate of drug-likeness (QED) is 0.640. The first-order valence-corrected chi connectivity index (χ1v) is 5.84. The number of rotatable bonds is 1. The summed E-state index contributed by atoms with van der Waals surface area (Å²) in [6.45, 7) is 1.99. The topological polar surface area (TPSA) is 26.0 Å². The molecule has 3 aromatic rings. The molecule has 90 valence electrons. The van der Waals surface area contributed by atoms with E-state index in [1.807, 2.05) is 31.2 Å². The maximum Gasteiger partial charge on any atom is 0.227 e. The fourth-order valence-electron chi connectivity index (χ4n) is 1.83. The van der Waals surface area contributed by atoms with E-state index in [0.717, 1.165) is 11.1 Å². The minimum absolute atomic E-state index is 0.0365. The Labute approximate surface area is 108 Å². The summed E-state index contributed by atoms with van der Waals surface area (Å²) in [5.74, 6) is -0.0244. The summed E-state index contributed by atoms with van der Waals surface area (Å²) in [5.41, 5.74) is 2.92. The van der Waals surface area contributed by atoms with Gasteiger partial charge in [0.05, 0.1) is 5.02 Å². The van der Waals surface area contributed by atoms with Gasteiger partial charge < -0.3 is 4.42 Å². The van der Waals surface area contributed by atoms with E-state index in [0.29, 0.717) is 17.0 Å². The minimum atomic E-state index is -0.492. The van der Waals surface area contributed by atoms with Crippen molar-refractivity contribution in [2.24, 2.45) is 0 Å². The summed E-state index contributed by atoms with van der Waals surface area (Å²) in [7, 11) is 0. The monoisotopic (exact) mass is 261 g/mol. The van der Waals surface area contributed by atoms with Gasteiger partial charge in [-0.1, -0.05) is 29.3 Å². The summed E-state index contributed by atoms with van der Waals surface area (Å²) in [6, 6.07) is 10.5. The van der Waals surface area contributed by atoms with Crippen LogP contribution in [0.15, 0.2) is 40.8 Å². The van der Waals surface area contributed by atoms with E-state index in [1.54, 1.807) is 0 Å². The van der Waals surface area contributed by atoms with Gasteiger partial charge >= 0.3 is 0 Å². The zero-order valence-electron chi connectivity index (χ0n) is 9.58. The second kappa shape index (κ2) is 4.10. The molecule has 2 aromatic carbocycles. The lowest BCUT2D eigenvalue weighted by Crippen LogP contribution is -1.79. The van der Waals surface area contributed by atoms with E-state index in [-0.39, 0.29) is 5.02 Å². The third kappa shape index (κ3) is 1.87. The molecule has 0 N–H and O–H groups in total. The Morgan fingerprint density at radius 1 is 1.22 bits per heavy atom. The lowest BCUT2D eigenvalue weighted by Gasteiger charge is -1.95. The van der Waals surface area contributed by atoms with E-state index < -0.39 is 5.82 Å². The molecule has 1 aromatic heterocycles. The molecule has 0 atom stereocenters. The Hall–Kier alpha value is -1.87. The molecule has 0 saturated carbocycles. The molecule has 0 aliphatic rings. The number of fused-ring (bicyclic) bond motifs is 1. The number of benzene rings is 2. The number of nitrogens with zero attached hydrogens (tertiary/aromatic N) is 1. The van der Waals surface area contributed by atoms with Crippen molar-refractivity contribution in [2.75, 3.05) is 0 Å². The fraction of sp³-hybridized carbons (Fsp3) is 0.0714. The molecule has 0 radical (unpaired) electrons. The summed E-state index contributed by atoms with van der Waals surface area (Å²) in [5, 5.41) is 0.0365. The molecule has 1 heterocycles. The van der Waals surface area contributed by atoms with Crippen molar-refractivity contribution in [1.29, 1.82) is 0 Å². The Bertz CT molecular complexity index is 697. The first kappa shape index (κ1) is 11.2. The van der Waals surface area contributed by atoms with Crippen molar-refractivity contribution >= 4 is 22.7 Å². The number of hydrogen-bond donors (Lipinski definition) is 0. The second-order valence-corrected chi connectivity index (χ2v) is 4.53. The summed E-state index contributed by atoms with van der Waals surface area (Å²) >= 11 is 5.71. The van der Waals surface area contributed by atoms with Crippen molar-refractivity contribution in [1.82, 2.24) is 4.98 Å². The van der Waals surface area contributed by atoms with Crippen LogP contribution in [-0.4, -0.2) is 4.98 Å². The molecule has 0 aliphatic heterocycles. The van der Waals surface area contributed by atoms with Crippen molar-refractivity contribution in [3.63, 3.8) is 0 Å². The molecule has 0 amide bonds. The maximum atomic E-state index is 13.3. The number of halogens is 2. The highest BCUT2D eigenvalue weighted by molar-refractivity contribution is 6.31. The summed E-state index contributed by atoms with van der Waals surface area (Å²) < 4.78 is 18.9. The first-order valence-electron chi connectivity index (χ1n) is 5.46. The lowest BCUT2D eigenvalue weighted by atomic mass is 10.1. The molecule has 2 nitrogen and oxygen atoms in total. The van der Waals surface area contributed by atoms with Crippen molar-refractivity contribution < 1.29 is 8.81 Å². The molecular formula is C14H9ClFNO. The highest BCUT2D eigenvalue weighted by Gasteiger charge is 2.11. The number of hydrogen-bond acceptors (Lipinski definition) is 2. The van der Waals surface area contributed by atoms with Crippen LogP contribution in [0.1, 0.15) is 5.56 Å². The molecule has 0 bridgehead atoms. The molecule has 0 unspecified atom stereocenters. The van der Waals surface area contributed by atoms with E-state index in [4.69, 9.17) is 16.0 Å². The predicted octanol–water partition coefficient (Wildman–Crippen LogP) is 4.60. The zero-order chi connectivity index (χ0) is 12.7. The van der Waals surface area contributed by atoms with Gasteiger partial charge in [-0.05, 0) is 19.1 Å². The van der Waals surface area contributed by atoms with Gasteiger partial charge in [0.1, 0.15) is 11.3 Å². The van der Waals surface area contributed by atoms with Crippen LogP contribution < -0.4 is 0 Å². The van der Waals surface area contributed by atoms with Crippen LogP contribution in [0.4, 0.5) is 4.39 Å². The summed E-state index contributed by atoms with van der Waals surface area (Å²) in [6.07, 6.45) is 0. The Morgan fingerprint density at radius 3 is 2.83 bits per heavy atom. The molecule has 0 spiro atoms. The third-order valence-electron chi connectivity index (χ3n) is 2.70. The second-order valence-electron chi connectivity index (χ2n) is 4.12. The Morgan fingerprint density at radius 2 is 2.06 bits per heavy atom. The normalized spacial score (nSPS) is 11.1. The van der Waals surface area contributed by atoms with Gasteiger partial charge in [0.2, 0.25) is 5.89 Å². The molecule has 4 heteroatoms. The largest absolute Gasteiger partial charge is 0.436 e. The van der Waals surface area contributed by atoms with Crippen LogP contribution in [0.2, 0.25) is 5.02 Å². The van der Waals surface area contributed by atoms with Crippen LogP contribution in [0, 0.1) is 12.7 Å². The number of aromatic nitrogens is 1. The first-order chi connectivity index (χ1) is 8.63. The van der Waals surface area contributed by atoms with Crippen LogP contribution in [0.25, 0.3) is 22.6 Å². The smallest absolute Gasteiger partial charge is 0.227 e. The van der Waals surface area contributed by atoms with E-state index in [1.165, 1.54) is 12.1 Å². The maximum absolute atomic E-state index is 13.3. The lowest BCUT2D eigenvalue weighted by molar-refractivity contribution is 0.614. The molecule has 0 saturated heterocycles. The molecule has 3 rings (SSSR count). The van der Waals surface area contributed by atoms with Crippen molar-refractivity contribution in [3.8, 4) is 11.5 Å². The van der Waals surface area contributed by atoms with Gasteiger partial charge in [-0.15, -0.1) is 0 Å². The standard InChI is InChI=1S/C14H9ClFNO/c1-8-3-2-4-9(5-8)14-17-12-7-11(16)10(15)6-13(12)18-14/h2-7H,1H3. The third-order valence-corrected chi connectivity index (χ3v) is 2.99. The van der Waals surface area contributed by atoms with Gasteiger partial charge in [-0.3, -0.25) is 0 Å². The molecule has 18 heavy (non-hydrogen) atoms. The van der Waals surface area contributed by atoms with Gasteiger partial charge in [0.25, 0.3) is 0 Å². The van der Waals surface area contributed by atoms with Crippen LogP contribution >= 0.6 is 11.6 Å². The summed E-state index contributed by atoms with van der Waals surface area (Å²) in [4.78, 5) is 4.26. The number of aryl methyl sites for hydroxylation is 1. The van der Waals surface area contributed by atoms with Crippen molar-refractivity contribution in [2.45, 2.75) is 6.92 Å². The van der Waals surface area contributed by atoms with E-state index in [9.17, 15) is 4.39 Å². The number of oxazole rings is 1. The minimum Gasteiger partial charge on any atom is -0.436 e. The van der Waals surface area contributed by atoms with E-state index in [2.05, 4.69) is 4.98 Å². The van der Waals surface area contributed by atoms with Crippen LogP contribution in [0.3, 0.4) is 0 Å². The van der Waals surface area contributed by atoms with Gasteiger partial charge in [0.15, 0.2) is 5.58 Å². The van der Waals surface area contributed by atoms with Crippen molar-refractivity contribution in [3.05, 3.63) is 52.8 Å². The Kier molecular flexibility index (Phi) is 2.56. The average Bonchev–Trinajstić information content (AvgIpc) is 2.73. The molecule has 0 fully saturated rings. The molecule has 0 aliphatic carbocycles. The SMILES string of the molecule is Cc1cccc(-c2nc3cc(F)c(Cl)cc3o2)c1. The highest BCUT2D eigenvalue weighted by Crippen LogP contribution is 2.28. The highest BCUT2D eigenvalue weighted by atomic mass is 35.5. The van der Waals surface area contributed by atoms with Crippen LogP contribution in [-0.2, 0) is 0 Å². The average molecular weight is 262 g/mol. The predicted molar refractivity (Wildman–Crippen MR) is 69.2 cm³/mol. The Balaban J connectivity index is 2.19. The molecular weight excluding hydrogens is 253 g/mol. The van der Waals surface area contributed by atoms with E-state index >= 15 is 0 Å². The van der Waals surface area contributed by atoms with Gasteiger partial charge in [0, 0.05) is 17.7 Å².